The smallest absolute Gasteiger partial charge is 0.269 e. The van der Waals surface area contributed by atoms with E-state index in [0.29, 0.717) is 37.6 Å². The maximum Gasteiger partial charge on any atom is 0.269 e. The summed E-state index contributed by atoms with van der Waals surface area (Å²) in [7, 11) is 0. The largest absolute Gasteiger partial charge is 0.369 e. The van der Waals surface area contributed by atoms with Crippen LogP contribution in [0, 0.1) is 24.0 Å². The third-order valence-corrected chi connectivity index (χ3v) is 8.17. The van der Waals surface area contributed by atoms with Crippen molar-refractivity contribution in [1.29, 1.82) is 0 Å². The number of benzene rings is 2. The van der Waals surface area contributed by atoms with E-state index in [1.165, 1.54) is 0 Å². The second-order valence-electron chi connectivity index (χ2n) is 10.7. The van der Waals surface area contributed by atoms with E-state index in [-0.39, 0.29) is 22.2 Å². The summed E-state index contributed by atoms with van der Waals surface area (Å²) in [5, 5.41) is 25.1. The fourth-order valence-electron chi connectivity index (χ4n) is 6.20. The second-order valence-corrected chi connectivity index (χ2v) is 10.7. The first-order valence-corrected chi connectivity index (χ1v) is 13.5. The van der Waals surface area contributed by atoms with Crippen molar-refractivity contribution in [2.75, 3.05) is 31.1 Å². The molecular formula is C28H32N8O3. The van der Waals surface area contributed by atoms with Crippen molar-refractivity contribution in [3.8, 4) is 0 Å². The minimum Gasteiger partial charge on any atom is -0.369 e. The van der Waals surface area contributed by atoms with Crippen LogP contribution in [0.2, 0.25) is 0 Å². The van der Waals surface area contributed by atoms with Gasteiger partial charge < -0.3 is 9.88 Å². The molecule has 0 radical (unpaired) electrons. The fourth-order valence-corrected chi connectivity index (χ4v) is 6.20. The van der Waals surface area contributed by atoms with Gasteiger partial charge in [0.25, 0.3) is 11.2 Å². The third-order valence-electron chi connectivity index (χ3n) is 8.17. The van der Waals surface area contributed by atoms with Gasteiger partial charge in [-0.15, -0.1) is 5.10 Å². The molecule has 11 heteroatoms. The Balaban J connectivity index is 1.37. The lowest BCUT2D eigenvalue weighted by Gasteiger charge is -2.39. The molecule has 202 valence electrons. The molecule has 1 aliphatic carbocycles. The van der Waals surface area contributed by atoms with Crippen LogP contribution < -0.4 is 10.5 Å². The monoisotopic (exact) mass is 528 g/mol. The number of pyridine rings is 1. The number of aryl methyl sites for hydroxylation is 2. The number of tetrazole rings is 1. The van der Waals surface area contributed by atoms with Crippen LogP contribution in [0.15, 0.2) is 47.3 Å². The maximum atomic E-state index is 13.6. The van der Waals surface area contributed by atoms with Crippen LogP contribution in [0.5, 0.6) is 0 Å². The van der Waals surface area contributed by atoms with Gasteiger partial charge in [-0.05, 0) is 72.5 Å². The highest BCUT2D eigenvalue weighted by atomic mass is 16.6. The molecule has 3 heterocycles. The zero-order valence-electron chi connectivity index (χ0n) is 22.2. The minimum absolute atomic E-state index is 0.0808. The van der Waals surface area contributed by atoms with Gasteiger partial charge in [0, 0.05) is 60.5 Å². The number of aromatic amines is 1. The lowest BCUT2D eigenvalue weighted by atomic mass is 9.99. The van der Waals surface area contributed by atoms with Gasteiger partial charge in [0.2, 0.25) is 0 Å². The molecule has 2 aromatic carbocycles. The standard InChI is InChI=1S/C28H32N8O3/c1-18-15-19(2)23-17-24(28(37)29-25(23)16-18)26(27-30-31-32-35(27)21-5-3-4-6-21)34-13-11-33(12-14-34)20-7-9-22(10-8-20)36(38)39/h7-10,15-17,21,26H,3-6,11-14H2,1-2H3,(H,29,37). The van der Waals surface area contributed by atoms with Crippen LogP contribution in [-0.4, -0.2) is 61.2 Å². The quantitative estimate of drug-likeness (QED) is 0.293. The molecule has 2 aromatic heterocycles. The van der Waals surface area contributed by atoms with Crippen LogP contribution >= 0.6 is 0 Å². The summed E-state index contributed by atoms with van der Waals surface area (Å²) in [6.07, 6.45) is 4.37. The highest BCUT2D eigenvalue weighted by Gasteiger charge is 2.35. The topological polar surface area (TPSA) is 126 Å². The second kappa shape index (κ2) is 10.2. The molecule has 1 atom stereocenters. The van der Waals surface area contributed by atoms with Gasteiger partial charge in [0.1, 0.15) is 6.04 Å². The molecule has 1 N–H and O–H groups in total. The molecule has 2 fully saturated rings. The van der Waals surface area contributed by atoms with Gasteiger partial charge in [0.15, 0.2) is 5.82 Å². The summed E-state index contributed by atoms with van der Waals surface area (Å²) < 4.78 is 1.95. The number of non-ortho nitro benzene ring substituents is 1. The lowest BCUT2D eigenvalue weighted by molar-refractivity contribution is -0.384. The Morgan fingerprint density at radius 2 is 1.74 bits per heavy atom. The average molecular weight is 529 g/mol. The molecule has 39 heavy (non-hydrogen) atoms. The van der Waals surface area contributed by atoms with Crippen molar-refractivity contribution in [3.63, 3.8) is 0 Å². The number of nitrogens with zero attached hydrogens (tertiary/aromatic N) is 7. The zero-order valence-corrected chi connectivity index (χ0v) is 22.2. The number of aromatic nitrogens is 5. The molecule has 2 aliphatic rings. The summed E-state index contributed by atoms with van der Waals surface area (Å²) in [6.45, 7) is 6.89. The summed E-state index contributed by atoms with van der Waals surface area (Å²) in [6, 6.07) is 12.7. The van der Waals surface area contributed by atoms with E-state index < -0.39 is 6.04 Å². The molecule has 1 aliphatic heterocycles. The summed E-state index contributed by atoms with van der Waals surface area (Å²) in [5.74, 6) is 0.709. The summed E-state index contributed by atoms with van der Waals surface area (Å²) >= 11 is 0. The zero-order chi connectivity index (χ0) is 27.1. The van der Waals surface area contributed by atoms with Crippen LogP contribution in [-0.2, 0) is 0 Å². The predicted molar refractivity (Wildman–Crippen MR) is 148 cm³/mol. The van der Waals surface area contributed by atoms with Gasteiger partial charge in [-0.2, -0.15) is 0 Å². The van der Waals surface area contributed by atoms with Gasteiger partial charge in [0.05, 0.1) is 11.0 Å². The average Bonchev–Trinajstić information content (AvgIpc) is 3.62. The molecule has 11 nitrogen and oxygen atoms in total. The number of hydrogen-bond donors (Lipinski definition) is 1. The molecule has 0 bridgehead atoms. The Morgan fingerprint density at radius 1 is 1.03 bits per heavy atom. The Morgan fingerprint density at radius 3 is 2.44 bits per heavy atom. The lowest BCUT2D eigenvalue weighted by Crippen LogP contribution is -2.49. The highest BCUT2D eigenvalue weighted by molar-refractivity contribution is 5.83. The number of nitro groups is 1. The summed E-state index contributed by atoms with van der Waals surface area (Å²) in [5.41, 5.74) is 4.59. The Kier molecular flexibility index (Phi) is 6.59. The molecule has 0 spiro atoms. The number of rotatable bonds is 6. The fraction of sp³-hybridized carbons (Fsp3) is 0.429. The van der Waals surface area contributed by atoms with Crippen LogP contribution in [0.3, 0.4) is 0 Å². The first-order chi connectivity index (χ1) is 18.9. The van der Waals surface area contributed by atoms with Gasteiger partial charge in [-0.1, -0.05) is 18.9 Å². The summed E-state index contributed by atoms with van der Waals surface area (Å²) in [4.78, 5) is 31.9. The number of piperazine rings is 1. The molecule has 1 saturated heterocycles. The van der Waals surface area contributed by atoms with E-state index in [1.54, 1.807) is 24.3 Å². The van der Waals surface area contributed by atoms with Crippen molar-refractivity contribution < 1.29 is 4.92 Å². The molecule has 1 unspecified atom stereocenters. The normalized spacial score (nSPS) is 17.6. The maximum absolute atomic E-state index is 13.6. The number of nitrogens with one attached hydrogen (secondary N) is 1. The van der Waals surface area contributed by atoms with E-state index in [1.807, 2.05) is 23.7 Å². The highest BCUT2D eigenvalue weighted by Crippen LogP contribution is 2.35. The first kappa shape index (κ1) is 25.2. The molecular weight excluding hydrogens is 496 g/mol. The third kappa shape index (κ3) is 4.78. The molecule has 0 amide bonds. The van der Waals surface area contributed by atoms with Crippen LogP contribution in [0.25, 0.3) is 10.9 Å². The van der Waals surface area contributed by atoms with E-state index in [2.05, 4.69) is 43.3 Å². The van der Waals surface area contributed by atoms with Crippen molar-refractivity contribution in [2.45, 2.75) is 51.6 Å². The Bertz CT molecular complexity index is 1560. The van der Waals surface area contributed by atoms with E-state index >= 15 is 0 Å². The van der Waals surface area contributed by atoms with Gasteiger partial charge >= 0.3 is 0 Å². The predicted octanol–water partition coefficient (Wildman–Crippen LogP) is 4.07. The van der Waals surface area contributed by atoms with Crippen molar-refractivity contribution in [2.24, 2.45) is 0 Å². The number of hydrogen-bond acceptors (Lipinski definition) is 8. The number of fused-ring (bicyclic) bond motifs is 1. The number of anilines is 1. The SMILES string of the molecule is Cc1cc(C)c2cc(C(c3nnnn3C3CCCC3)N3CCN(c4ccc([N+](=O)[O-])cc4)CC3)c(=O)[nH]c2c1. The van der Waals surface area contributed by atoms with Crippen molar-refractivity contribution in [3.05, 3.63) is 85.4 Å². The minimum atomic E-state index is -0.395. The van der Waals surface area contributed by atoms with E-state index in [9.17, 15) is 14.9 Å². The van der Waals surface area contributed by atoms with E-state index in [4.69, 9.17) is 0 Å². The first-order valence-electron chi connectivity index (χ1n) is 13.5. The van der Waals surface area contributed by atoms with Gasteiger partial charge in [-0.25, -0.2) is 4.68 Å². The van der Waals surface area contributed by atoms with Crippen LogP contribution in [0.4, 0.5) is 11.4 Å². The van der Waals surface area contributed by atoms with E-state index in [0.717, 1.165) is 53.4 Å². The Hall–Kier alpha value is -4.12. The Labute approximate surface area is 225 Å². The number of H-pyrrole nitrogens is 1. The molecule has 6 rings (SSSR count). The number of nitro benzene ring substituents is 1. The molecule has 4 aromatic rings. The molecule has 1 saturated carbocycles. The van der Waals surface area contributed by atoms with Crippen molar-refractivity contribution in [1.82, 2.24) is 30.1 Å². The van der Waals surface area contributed by atoms with Crippen LogP contribution in [0.1, 0.15) is 60.3 Å². The van der Waals surface area contributed by atoms with Gasteiger partial charge in [-0.3, -0.25) is 19.8 Å². The van der Waals surface area contributed by atoms with Crippen molar-refractivity contribution >= 4 is 22.3 Å².